The number of ether oxygens (including phenoxy) is 1. The van der Waals surface area contributed by atoms with E-state index in [0.29, 0.717) is 13.0 Å². The zero-order valence-corrected chi connectivity index (χ0v) is 13.4. The van der Waals surface area contributed by atoms with Crippen LogP contribution in [0.15, 0.2) is 24.3 Å². The summed E-state index contributed by atoms with van der Waals surface area (Å²) in [7, 11) is 1.32. The van der Waals surface area contributed by atoms with E-state index in [2.05, 4.69) is 0 Å². The predicted molar refractivity (Wildman–Crippen MR) is 81.9 cm³/mol. The number of esters is 1. The first kappa shape index (κ1) is 16.5. The molecule has 5 nitrogen and oxygen atoms in total. The van der Waals surface area contributed by atoms with Crippen LogP contribution in [-0.4, -0.2) is 42.3 Å². The number of rotatable bonds is 5. The van der Waals surface area contributed by atoms with E-state index in [4.69, 9.17) is 4.74 Å². The predicted octanol–water partition coefficient (Wildman–Crippen LogP) is 1.88. The van der Waals surface area contributed by atoms with Crippen molar-refractivity contribution in [1.29, 1.82) is 0 Å². The van der Waals surface area contributed by atoms with Crippen molar-refractivity contribution in [1.82, 2.24) is 4.90 Å². The van der Waals surface area contributed by atoms with Gasteiger partial charge in [-0.1, -0.05) is 31.6 Å². The van der Waals surface area contributed by atoms with Gasteiger partial charge in [0.25, 0.3) is 0 Å². The summed E-state index contributed by atoms with van der Waals surface area (Å²) in [6, 6.07) is -0.467. The molecule has 0 aliphatic heterocycles. The molecule has 0 saturated carbocycles. The van der Waals surface area contributed by atoms with Crippen molar-refractivity contribution in [3.63, 3.8) is 0 Å². The van der Waals surface area contributed by atoms with Crippen molar-refractivity contribution in [2.24, 2.45) is 11.3 Å². The molecule has 2 aliphatic carbocycles. The quantitative estimate of drug-likeness (QED) is 0.574. The Morgan fingerprint density at radius 1 is 1.45 bits per heavy atom. The molecule has 0 aromatic carbocycles. The average molecular weight is 305 g/mol. The lowest BCUT2D eigenvalue weighted by Gasteiger charge is -2.44. The summed E-state index contributed by atoms with van der Waals surface area (Å²) in [4.78, 5) is 38.5. The molecule has 22 heavy (non-hydrogen) atoms. The Balaban J connectivity index is 2.46. The third-order valence-electron chi connectivity index (χ3n) is 4.65. The minimum atomic E-state index is -1.08. The van der Waals surface area contributed by atoms with Gasteiger partial charge in [0.1, 0.15) is 5.41 Å². The van der Waals surface area contributed by atoms with E-state index in [1.165, 1.54) is 20.1 Å². The topological polar surface area (TPSA) is 63.7 Å². The van der Waals surface area contributed by atoms with Crippen LogP contribution >= 0.6 is 0 Å². The highest BCUT2D eigenvalue weighted by atomic mass is 16.5. The lowest BCUT2D eigenvalue weighted by molar-refractivity contribution is -0.159. The molecule has 0 N–H and O–H groups in total. The molecule has 0 aromatic heterocycles. The number of hydrogen-bond donors (Lipinski definition) is 0. The highest BCUT2D eigenvalue weighted by molar-refractivity contribution is 6.02. The molecule has 120 valence electrons. The van der Waals surface area contributed by atoms with Crippen LogP contribution in [0.3, 0.4) is 0 Å². The van der Waals surface area contributed by atoms with Crippen molar-refractivity contribution < 1.29 is 19.1 Å². The lowest BCUT2D eigenvalue weighted by atomic mass is 9.67. The van der Waals surface area contributed by atoms with Crippen LogP contribution in [0.1, 0.15) is 33.1 Å². The van der Waals surface area contributed by atoms with Gasteiger partial charge in [0, 0.05) is 19.4 Å². The standard InChI is InChI=1S/C17H23NO4/c1-4-5-11-18(12(2)19)15-8-6-7-13-14(20)9-10-17(13,15)16(21)22-3/h6,8-10,13,15H,4-5,7,11H2,1-3H3/t13-,15-,17-/m1/s1. The van der Waals surface area contributed by atoms with E-state index < -0.39 is 23.3 Å². The summed E-state index contributed by atoms with van der Waals surface area (Å²) in [5, 5.41) is 0. The summed E-state index contributed by atoms with van der Waals surface area (Å²) in [5.41, 5.74) is -1.08. The van der Waals surface area contributed by atoms with Crippen LogP contribution in [0.25, 0.3) is 0 Å². The largest absolute Gasteiger partial charge is 0.468 e. The second-order valence-corrected chi connectivity index (χ2v) is 5.89. The molecule has 2 aliphatic rings. The van der Waals surface area contributed by atoms with Gasteiger partial charge in [-0.05, 0) is 18.9 Å². The number of methoxy groups -OCH3 is 1. The Labute approximate surface area is 131 Å². The number of allylic oxidation sites excluding steroid dienone is 2. The molecule has 5 heteroatoms. The smallest absolute Gasteiger partial charge is 0.318 e. The third-order valence-corrected chi connectivity index (χ3v) is 4.65. The highest BCUT2D eigenvalue weighted by Crippen LogP contribution is 2.47. The zero-order chi connectivity index (χ0) is 16.3. The van der Waals surface area contributed by atoms with E-state index in [1.54, 1.807) is 11.0 Å². The number of fused-ring (bicyclic) bond motifs is 1. The number of carbonyl (C=O) groups excluding carboxylic acids is 3. The summed E-state index contributed by atoms with van der Waals surface area (Å²) in [6.45, 7) is 4.11. The highest BCUT2D eigenvalue weighted by Gasteiger charge is 2.58. The molecule has 0 spiro atoms. The van der Waals surface area contributed by atoms with Gasteiger partial charge in [-0.2, -0.15) is 0 Å². The summed E-state index contributed by atoms with van der Waals surface area (Å²) in [6.07, 6.45) is 9.16. The van der Waals surface area contributed by atoms with Gasteiger partial charge < -0.3 is 9.64 Å². The van der Waals surface area contributed by atoms with Crippen molar-refractivity contribution >= 4 is 17.7 Å². The minimum Gasteiger partial charge on any atom is -0.468 e. The Kier molecular flexibility index (Phi) is 4.84. The first-order chi connectivity index (χ1) is 10.5. The normalized spacial score (nSPS) is 29.3. The maximum Gasteiger partial charge on any atom is 0.318 e. The van der Waals surface area contributed by atoms with Gasteiger partial charge in [0.05, 0.1) is 13.2 Å². The van der Waals surface area contributed by atoms with Gasteiger partial charge >= 0.3 is 5.97 Å². The molecular weight excluding hydrogens is 282 g/mol. The van der Waals surface area contributed by atoms with Crippen LogP contribution < -0.4 is 0 Å². The van der Waals surface area contributed by atoms with Gasteiger partial charge in [0.15, 0.2) is 5.78 Å². The number of ketones is 1. The maximum atomic E-state index is 12.5. The first-order valence-corrected chi connectivity index (χ1v) is 7.74. The molecule has 0 bridgehead atoms. The zero-order valence-electron chi connectivity index (χ0n) is 13.4. The van der Waals surface area contributed by atoms with Crippen molar-refractivity contribution in [3.8, 4) is 0 Å². The van der Waals surface area contributed by atoms with E-state index in [-0.39, 0.29) is 11.7 Å². The Morgan fingerprint density at radius 2 is 2.18 bits per heavy atom. The van der Waals surface area contributed by atoms with E-state index in [1.807, 2.05) is 19.1 Å². The van der Waals surface area contributed by atoms with Crippen LogP contribution in [0.4, 0.5) is 0 Å². The molecule has 2 rings (SSSR count). The second kappa shape index (κ2) is 6.46. The fourth-order valence-corrected chi connectivity index (χ4v) is 3.50. The summed E-state index contributed by atoms with van der Waals surface area (Å²) in [5.74, 6) is -1.09. The number of hydrogen-bond acceptors (Lipinski definition) is 4. The molecule has 3 atom stereocenters. The summed E-state index contributed by atoms with van der Waals surface area (Å²) < 4.78 is 4.99. The van der Waals surface area contributed by atoms with Crippen molar-refractivity contribution in [3.05, 3.63) is 24.3 Å². The van der Waals surface area contributed by atoms with E-state index in [9.17, 15) is 14.4 Å². The van der Waals surface area contributed by atoms with Gasteiger partial charge in [-0.15, -0.1) is 0 Å². The van der Waals surface area contributed by atoms with Crippen molar-refractivity contribution in [2.75, 3.05) is 13.7 Å². The molecular formula is C17H23NO4. The minimum absolute atomic E-state index is 0.0706. The Hall–Kier alpha value is -1.91. The number of nitrogens with zero attached hydrogens (tertiary/aromatic N) is 1. The van der Waals surface area contributed by atoms with Crippen LogP contribution in [-0.2, 0) is 19.1 Å². The van der Waals surface area contributed by atoms with E-state index >= 15 is 0 Å². The monoisotopic (exact) mass is 305 g/mol. The maximum absolute atomic E-state index is 12.5. The van der Waals surface area contributed by atoms with Gasteiger partial charge in [-0.3, -0.25) is 14.4 Å². The molecule has 0 fully saturated rings. The molecule has 0 saturated heterocycles. The van der Waals surface area contributed by atoms with Crippen LogP contribution in [0.2, 0.25) is 0 Å². The van der Waals surface area contributed by atoms with Crippen molar-refractivity contribution in [2.45, 2.75) is 39.2 Å². The Bertz CT molecular complexity index is 537. The fraction of sp³-hybridized carbons (Fsp3) is 0.588. The SMILES string of the molecule is CCCCN(C(C)=O)[C@@H]1C=CC[C@@H]2C(=O)C=C[C@@]21C(=O)OC. The van der Waals surface area contributed by atoms with Crippen LogP contribution in [0, 0.1) is 11.3 Å². The first-order valence-electron chi connectivity index (χ1n) is 7.74. The lowest BCUT2D eigenvalue weighted by Crippen LogP contribution is -2.57. The second-order valence-electron chi connectivity index (χ2n) is 5.89. The Morgan fingerprint density at radius 3 is 2.77 bits per heavy atom. The van der Waals surface area contributed by atoms with Gasteiger partial charge in [0.2, 0.25) is 5.91 Å². The fourth-order valence-electron chi connectivity index (χ4n) is 3.50. The summed E-state index contributed by atoms with van der Waals surface area (Å²) >= 11 is 0. The molecule has 0 heterocycles. The molecule has 1 amide bonds. The van der Waals surface area contributed by atoms with Crippen LogP contribution in [0.5, 0.6) is 0 Å². The van der Waals surface area contributed by atoms with Gasteiger partial charge in [-0.25, -0.2) is 0 Å². The molecule has 0 radical (unpaired) electrons. The number of carbonyl (C=O) groups is 3. The number of amides is 1. The third kappa shape index (κ3) is 2.49. The number of unbranched alkanes of at least 4 members (excludes halogenated alkanes) is 1. The molecule has 0 aromatic rings. The van der Waals surface area contributed by atoms with E-state index in [0.717, 1.165) is 12.8 Å². The average Bonchev–Trinajstić information content (AvgIpc) is 2.86. The molecule has 0 unspecified atom stereocenters.